The molecule has 3 heterocycles. The van der Waals surface area contributed by atoms with Crippen LogP contribution in [0.2, 0.25) is 0 Å². The maximum absolute atomic E-state index is 13.4. The molecule has 5 nitrogen and oxygen atoms in total. The number of piperidine rings is 2. The molecule has 5 rings (SSSR count). The van der Waals surface area contributed by atoms with E-state index >= 15 is 0 Å². The van der Waals surface area contributed by atoms with Gasteiger partial charge in [0.1, 0.15) is 0 Å². The number of urea groups is 1. The van der Waals surface area contributed by atoms with Gasteiger partial charge in [0.2, 0.25) is 0 Å². The Balaban J connectivity index is 1.39. The minimum atomic E-state index is -0.389. The lowest BCUT2D eigenvalue weighted by molar-refractivity contribution is 0.0506. The molecule has 2 amide bonds. The van der Waals surface area contributed by atoms with Gasteiger partial charge in [0.25, 0.3) is 0 Å². The number of aliphatic hydroxyl groups is 1. The van der Waals surface area contributed by atoms with Crippen molar-refractivity contribution in [2.24, 2.45) is 0 Å². The number of rotatable bonds is 3. The van der Waals surface area contributed by atoms with Crippen LogP contribution in [0.4, 0.5) is 4.79 Å². The van der Waals surface area contributed by atoms with Gasteiger partial charge in [-0.1, -0.05) is 54.6 Å². The Kier molecular flexibility index (Phi) is 5.25. The minimum Gasteiger partial charge on any atom is -0.393 e. The lowest BCUT2D eigenvalue weighted by Gasteiger charge is -2.43. The molecule has 30 heavy (non-hydrogen) atoms. The van der Waals surface area contributed by atoms with Gasteiger partial charge < -0.3 is 20.6 Å². The summed E-state index contributed by atoms with van der Waals surface area (Å²) in [6, 6.07) is 19.4. The largest absolute Gasteiger partial charge is 0.393 e. The molecule has 3 aliphatic rings. The summed E-state index contributed by atoms with van der Waals surface area (Å²) in [5.41, 5.74) is 3.16. The number of fused-ring (bicyclic) bond motifs is 2. The summed E-state index contributed by atoms with van der Waals surface area (Å²) in [5, 5.41) is 17.0. The summed E-state index contributed by atoms with van der Waals surface area (Å²) < 4.78 is 0. The molecule has 2 unspecified atom stereocenters. The molecule has 5 heteroatoms. The van der Waals surface area contributed by atoms with Crippen LogP contribution in [-0.4, -0.2) is 47.3 Å². The van der Waals surface area contributed by atoms with Crippen LogP contribution in [0.1, 0.15) is 44.1 Å². The zero-order chi connectivity index (χ0) is 20.6. The van der Waals surface area contributed by atoms with E-state index in [2.05, 4.69) is 59.2 Å². The summed E-state index contributed by atoms with van der Waals surface area (Å²) >= 11 is 0. The summed E-state index contributed by atoms with van der Waals surface area (Å²) in [4.78, 5) is 15.4. The predicted octanol–water partition coefficient (Wildman–Crippen LogP) is 3.63. The van der Waals surface area contributed by atoms with E-state index in [9.17, 15) is 9.90 Å². The summed E-state index contributed by atoms with van der Waals surface area (Å²) in [7, 11) is 0. The van der Waals surface area contributed by atoms with Gasteiger partial charge in [0.05, 0.1) is 11.6 Å². The Bertz CT molecular complexity index is 863. The lowest BCUT2D eigenvalue weighted by atomic mass is 9.82. The normalized spacial score (nSPS) is 30.8. The van der Waals surface area contributed by atoms with Crippen LogP contribution < -0.4 is 10.6 Å². The number of nitrogens with zero attached hydrogens (tertiary/aromatic N) is 1. The Morgan fingerprint density at radius 3 is 2.30 bits per heavy atom. The highest BCUT2D eigenvalue weighted by Crippen LogP contribution is 2.37. The van der Waals surface area contributed by atoms with Crippen molar-refractivity contribution in [3.8, 4) is 11.1 Å². The molecule has 2 aromatic carbocycles. The molecule has 0 aromatic heterocycles. The van der Waals surface area contributed by atoms with Crippen LogP contribution in [0.3, 0.4) is 0 Å². The number of carbonyl (C=O) groups excluding carboxylic acids is 1. The average molecular weight is 406 g/mol. The highest BCUT2D eigenvalue weighted by molar-refractivity contribution is 5.77. The van der Waals surface area contributed by atoms with Crippen molar-refractivity contribution in [1.82, 2.24) is 15.5 Å². The molecule has 3 fully saturated rings. The van der Waals surface area contributed by atoms with Gasteiger partial charge in [-0.3, -0.25) is 0 Å². The van der Waals surface area contributed by atoms with Gasteiger partial charge in [-0.05, 0) is 61.8 Å². The lowest BCUT2D eigenvalue weighted by Crippen LogP contribution is -2.60. The predicted molar refractivity (Wildman–Crippen MR) is 118 cm³/mol. The van der Waals surface area contributed by atoms with Crippen molar-refractivity contribution in [2.75, 3.05) is 13.1 Å². The van der Waals surface area contributed by atoms with Crippen LogP contribution in [0.15, 0.2) is 54.6 Å². The van der Waals surface area contributed by atoms with Gasteiger partial charge in [-0.15, -0.1) is 0 Å². The van der Waals surface area contributed by atoms with E-state index in [0.717, 1.165) is 44.3 Å². The van der Waals surface area contributed by atoms with Crippen molar-refractivity contribution in [2.45, 2.75) is 62.3 Å². The Morgan fingerprint density at radius 1 is 1.00 bits per heavy atom. The van der Waals surface area contributed by atoms with Gasteiger partial charge in [-0.25, -0.2) is 4.79 Å². The average Bonchev–Trinajstić information content (AvgIpc) is 3.06. The third-order valence-electron chi connectivity index (χ3n) is 7.22. The topological polar surface area (TPSA) is 64.6 Å². The van der Waals surface area contributed by atoms with E-state index in [1.807, 2.05) is 11.0 Å². The van der Waals surface area contributed by atoms with Crippen LogP contribution in [0.25, 0.3) is 11.1 Å². The van der Waals surface area contributed by atoms with Crippen LogP contribution >= 0.6 is 0 Å². The Morgan fingerprint density at radius 2 is 1.67 bits per heavy atom. The number of nitrogens with one attached hydrogen (secondary N) is 2. The SMILES string of the molecule is O=C(N[C@]1(c2ccc(-c3ccccc3)cc2)CCCNC1)N1C2CCC1CC(O)C2. The summed E-state index contributed by atoms with van der Waals surface area (Å²) in [5.74, 6) is 0. The Hall–Kier alpha value is -2.37. The second kappa shape index (κ2) is 8.05. The fourth-order valence-corrected chi connectivity index (χ4v) is 5.69. The van der Waals surface area contributed by atoms with E-state index < -0.39 is 0 Å². The van der Waals surface area contributed by atoms with Crippen LogP contribution in [-0.2, 0) is 5.54 Å². The van der Waals surface area contributed by atoms with Crippen molar-refractivity contribution < 1.29 is 9.90 Å². The molecule has 0 saturated carbocycles. The van der Waals surface area contributed by atoms with Crippen molar-refractivity contribution in [3.05, 3.63) is 60.2 Å². The summed E-state index contributed by atoms with van der Waals surface area (Å²) in [6.07, 6.45) is 5.14. The second-order valence-corrected chi connectivity index (χ2v) is 9.15. The molecular weight excluding hydrogens is 374 g/mol. The second-order valence-electron chi connectivity index (χ2n) is 9.15. The number of aliphatic hydroxyl groups excluding tert-OH is 1. The fraction of sp³-hybridized carbons (Fsp3) is 0.480. The first-order chi connectivity index (χ1) is 14.6. The van der Waals surface area contributed by atoms with E-state index in [1.165, 1.54) is 11.1 Å². The van der Waals surface area contributed by atoms with Crippen molar-refractivity contribution in [3.63, 3.8) is 0 Å². The smallest absolute Gasteiger partial charge is 0.318 e. The summed E-state index contributed by atoms with van der Waals surface area (Å²) in [6.45, 7) is 1.73. The maximum atomic E-state index is 13.4. The standard InChI is InChI=1S/C25H31N3O2/c29-23-15-21-11-12-22(16-23)28(21)24(30)27-25(13-4-14-26-17-25)20-9-7-19(8-10-20)18-5-2-1-3-6-18/h1-3,5-10,21-23,26,29H,4,11-17H2,(H,27,30)/t21?,22?,23?,25-/m1/s1. The number of hydrogen-bond donors (Lipinski definition) is 3. The number of amides is 2. The number of hydrogen-bond acceptors (Lipinski definition) is 3. The highest BCUT2D eigenvalue weighted by atomic mass is 16.3. The first-order valence-electron chi connectivity index (χ1n) is 11.3. The first kappa shape index (κ1) is 19.6. The van der Waals surface area contributed by atoms with E-state index in [4.69, 9.17) is 0 Å². The molecule has 0 spiro atoms. The maximum Gasteiger partial charge on any atom is 0.318 e. The molecular formula is C25H31N3O2. The highest BCUT2D eigenvalue weighted by Gasteiger charge is 2.45. The van der Waals surface area contributed by atoms with E-state index in [1.54, 1.807) is 0 Å². The molecule has 3 saturated heterocycles. The number of benzene rings is 2. The number of carbonyl (C=O) groups is 1. The third kappa shape index (κ3) is 3.61. The first-order valence-corrected chi connectivity index (χ1v) is 11.3. The molecule has 158 valence electrons. The zero-order valence-electron chi connectivity index (χ0n) is 17.4. The third-order valence-corrected chi connectivity index (χ3v) is 7.22. The molecule has 0 radical (unpaired) electrons. The van der Waals surface area contributed by atoms with Crippen LogP contribution in [0.5, 0.6) is 0 Å². The quantitative estimate of drug-likeness (QED) is 0.731. The van der Waals surface area contributed by atoms with Gasteiger partial charge >= 0.3 is 6.03 Å². The monoisotopic (exact) mass is 405 g/mol. The Labute approximate surface area is 178 Å². The van der Waals surface area contributed by atoms with Gasteiger partial charge in [-0.2, -0.15) is 0 Å². The molecule has 3 N–H and O–H groups in total. The van der Waals surface area contributed by atoms with Gasteiger partial charge in [0, 0.05) is 18.6 Å². The van der Waals surface area contributed by atoms with Crippen LogP contribution in [0, 0.1) is 0 Å². The fourth-order valence-electron chi connectivity index (χ4n) is 5.69. The molecule has 3 atom stereocenters. The molecule has 0 aliphatic carbocycles. The van der Waals surface area contributed by atoms with E-state index in [0.29, 0.717) is 12.8 Å². The van der Waals surface area contributed by atoms with E-state index in [-0.39, 0.29) is 29.8 Å². The van der Waals surface area contributed by atoms with Gasteiger partial charge in [0.15, 0.2) is 0 Å². The molecule has 2 aromatic rings. The minimum absolute atomic E-state index is 0.0326. The van der Waals surface area contributed by atoms with Crippen molar-refractivity contribution >= 4 is 6.03 Å². The zero-order valence-corrected chi connectivity index (χ0v) is 17.4. The van der Waals surface area contributed by atoms with Crippen molar-refractivity contribution in [1.29, 1.82) is 0 Å². The molecule has 2 bridgehead atoms. The molecule has 3 aliphatic heterocycles.